The summed E-state index contributed by atoms with van der Waals surface area (Å²) in [6.07, 6.45) is 0. The van der Waals surface area contributed by atoms with Gasteiger partial charge >= 0.3 is 0 Å². The fourth-order valence-corrected chi connectivity index (χ4v) is 6.45. The highest BCUT2D eigenvalue weighted by Crippen LogP contribution is 2.25. The Morgan fingerprint density at radius 2 is 1.30 bits per heavy atom. The molecule has 0 unspecified atom stereocenters. The number of carbonyl (C=O) groups is 1. The van der Waals surface area contributed by atoms with Crippen molar-refractivity contribution in [2.75, 3.05) is 31.9 Å². The lowest BCUT2D eigenvalue weighted by Gasteiger charge is -2.34. The fraction of sp³-hybridized carbons (Fsp3) is 0.192. The van der Waals surface area contributed by atoms with Gasteiger partial charge in [-0.1, -0.05) is 60.7 Å². The average molecular weight is 477 g/mol. The standard InChI is InChI=1S/C26H24N2O3S2/c29-26(19-32-24-11-9-20-5-1-3-7-22(20)17-24)27-13-15-28(16-14-27)33(30,31)25-12-10-21-6-2-4-8-23(21)18-25/h1-12,17-18H,13-16,19H2. The van der Waals surface area contributed by atoms with Gasteiger partial charge in [0, 0.05) is 31.1 Å². The number of hydrogen-bond acceptors (Lipinski definition) is 4. The van der Waals surface area contributed by atoms with E-state index in [9.17, 15) is 13.2 Å². The molecule has 33 heavy (non-hydrogen) atoms. The number of hydrogen-bond donors (Lipinski definition) is 0. The molecule has 5 rings (SSSR count). The molecule has 168 valence electrons. The molecule has 4 aromatic rings. The molecule has 1 amide bonds. The molecule has 4 aromatic carbocycles. The predicted molar refractivity (Wildman–Crippen MR) is 134 cm³/mol. The molecule has 1 aliphatic rings. The smallest absolute Gasteiger partial charge is 0.243 e. The number of nitrogens with zero attached hydrogens (tertiary/aromatic N) is 2. The van der Waals surface area contributed by atoms with Crippen molar-refractivity contribution in [3.63, 3.8) is 0 Å². The molecule has 0 aromatic heterocycles. The molecule has 1 fully saturated rings. The highest BCUT2D eigenvalue weighted by atomic mass is 32.2. The third-order valence-corrected chi connectivity index (χ3v) is 8.91. The van der Waals surface area contributed by atoms with Gasteiger partial charge in [0.15, 0.2) is 0 Å². The van der Waals surface area contributed by atoms with E-state index in [2.05, 4.69) is 24.3 Å². The topological polar surface area (TPSA) is 57.7 Å². The van der Waals surface area contributed by atoms with E-state index < -0.39 is 10.0 Å². The number of amides is 1. The maximum absolute atomic E-state index is 13.1. The number of fused-ring (bicyclic) bond motifs is 2. The summed E-state index contributed by atoms with van der Waals surface area (Å²) in [5.74, 6) is 0.381. The van der Waals surface area contributed by atoms with Gasteiger partial charge in [0.05, 0.1) is 10.6 Å². The van der Waals surface area contributed by atoms with Gasteiger partial charge in [-0.05, 0) is 45.8 Å². The molecular weight excluding hydrogens is 452 g/mol. The van der Waals surface area contributed by atoms with Crippen LogP contribution in [0.1, 0.15) is 0 Å². The van der Waals surface area contributed by atoms with Crippen LogP contribution in [0.25, 0.3) is 21.5 Å². The van der Waals surface area contributed by atoms with Crippen LogP contribution in [0.3, 0.4) is 0 Å². The molecular formula is C26H24N2O3S2. The zero-order valence-electron chi connectivity index (χ0n) is 18.1. The number of thioether (sulfide) groups is 1. The monoisotopic (exact) mass is 476 g/mol. The number of carbonyl (C=O) groups excluding carboxylic acids is 1. The lowest BCUT2D eigenvalue weighted by molar-refractivity contribution is -0.129. The lowest BCUT2D eigenvalue weighted by atomic mass is 10.1. The second kappa shape index (κ2) is 9.17. The summed E-state index contributed by atoms with van der Waals surface area (Å²) in [6, 6.07) is 27.3. The molecule has 0 radical (unpaired) electrons. The van der Waals surface area contributed by atoms with Crippen molar-refractivity contribution in [1.29, 1.82) is 0 Å². The van der Waals surface area contributed by atoms with Crippen molar-refractivity contribution in [2.45, 2.75) is 9.79 Å². The third kappa shape index (κ3) is 4.62. The van der Waals surface area contributed by atoms with Crippen LogP contribution in [0.2, 0.25) is 0 Å². The van der Waals surface area contributed by atoms with Gasteiger partial charge in [0.1, 0.15) is 0 Å². The minimum absolute atomic E-state index is 0.0379. The van der Waals surface area contributed by atoms with E-state index >= 15 is 0 Å². The summed E-state index contributed by atoms with van der Waals surface area (Å²) in [5, 5.41) is 4.24. The van der Waals surface area contributed by atoms with Crippen molar-refractivity contribution >= 4 is 49.2 Å². The zero-order valence-corrected chi connectivity index (χ0v) is 19.7. The zero-order chi connectivity index (χ0) is 22.8. The first-order chi connectivity index (χ1) is 16.0. The highest BCUT2D eigenvalue weighted by Gasteiger charge is 2.30. The molecule has 1 heterocycles. The fourth-order valence-electron chi connectivity index (χ4n) is 4.15. The number of benzene rings is 4. The lowest BCUT2D eigenvalue weighted by Crippen LogP contribution is -2.50. The van der Waals surface area contributed by atoms with Crippen molar-refractivity contribution in [3.8, 4) is 0 Å². The summed E-state index contributed by atoms with van der Waals surface area (Å²) in [5.41, 5.74) is 0. The van der Waals surface area contributed by atoms with E-state index in [0.29, 0.717) is 36.8 Å². The summed E-state index contributed by atoms with van der Waals surface area (Å²) in [7, 11) is -3.59. The van der Waals surface area contributed by atoms with E-state index in [1.54, 1.807) is 17.0 Å². The molecule has 0 N–H and O–H groups in total. The Morgan fingerprint density at radius 3 is 1.97 bits per heavy atom. The van der Waals surface area contributed by atoms with Crippen LogP contribution in [-0.4, -0.2) is 55.5 Å². The van der Waals surface area contributed by atoms with Gasteiger partial charge in [-0.2, -0.15) is 4.31 Å². The number of piperazine rings is 1. The van der Waals surface area contributed by atoms with Gasteiger partial charge in [-0.15, -0.1) is 11.8 Å². The maximum atomic E-state index is 13.1. The minimum atomic E-state index is -3.59. The molecule has 5 nitrogen and oxygen atoms in total. The predicted octanol–water partition coefficient (Wildman–Crippen LogP) is 4.62. The Bertz CT molecular complexity index is 1430. The molecule has 1 saturated heterocycles. The summed E-state index contributed by atoms with van der Waals surface area (Å²) in [4.78, 5) is 15.9. The molecule has 0 atom stereocenters. The van der Waals surface area contributed by atoms with Crippen LogP contribution in [0.5, 0.6) is 0 Å². The Hall–Kier alpha value is -2.87. The van der Waals surface area contributed by atoms with Gasteiger partial charge in [-0.3, -0.25) is 4.79 Å². The first kappa shape index (κ1) is 21.9. The van der Waals surface area contributed by atoms with E-state index in [0.717, 1.165) is 21.1 Å². The van der Waals surface area contributed by atoms with Gasteiger partial charge in [0.25, 0.3) is 0 Å². The molecule has 1 aliphatic heterocycles. The summed E-state index contributed by atoms with van der Waals surface area (Å²) in [6.45, 7) is 1.43. The van der Waals surface area contributed by atoms with Crippen LogP contribution in [0.4, 0.5) is 0 Å². The molecule has 0 bridgehead atoms. The Morgan fingerprint density at radius 1 is 0.727 bits per heavy atom. The van der Waals surface area contributed by atoms with Crippen LogP contribution >= 0.6 is 11.8 Å². The largest absolute Gasteiger partial charge is 0.339 e. The Balaban J connectivity index is 1.20. The Labute approximate surface area is 198 Å². The van der Waals surface area contributed by atoms with Gasteiger partial charge in [-0.25, -0.2) is 8.42 Å². The maximum Gasteiger partial charge on any atom is 0.243 e. The van der Waals surface area contributed by atoms with Gasteiger partial charge in [0.2, 0.25) is 15.9 Å². The number of rotatable bonds is 5. The third-order valence-electron chi connectivity index (χ3n) is 6.03. The van der Waals surface area contributed by atoms with Crippen LogP contribution in [0, 0.1) is 0 Å². The summed E-state index contributed by atoms with van der Waals surface area (Å²) < 4.78 is 27.8. The van der Waals surface area contributed by atoms with Crippen molar-refractivity contribution in [3.05, 3.63) is 84.9 Å². The van der Waals surface area contributed by atoms with Crippen LogP contribution < -0.4 is 0 Å². The first-order valence-electron chi connectivity index (χ1n) is 10.9. The van der Waals surface area contributed by atoms with Crippen molar-refractivity contribution < 1.29 is 13.2 Å². The second-order valence-corrected chi connectivity index (χ2v) is 11.1. The second-order valence-electron chi connectivity index (χ2n) is 8.09. The van der Waals surface area contributed by atoms with E-state index in [-0.39, 0.29) is 5.91 Å². The van der Waals surface area contributed by atoms with Crippen LogP contribution in [-0.2, 0) is 14.8 Å². The Kier molecular flexibility index (Phi) is 6.10. The number of sulfonamides is 1. The van der Waals surface area contributed by atoms with E-state index in [1.807, 2.05) is 48.5 Å². The molecule has 7 heteroatoms. The van der Waals surface area contributed by atoms with Crippen molar-refractivity contribution in [2.24, 2.45) is 0 Å². The normalized spacial score (nSPS) is 15.2. The van der Waals surface area contributed by atoms with Crippen molar-refractivity contribution in [1.82, 2.24) is 9.21 Å². The minimum Gasteiger partial charge on any atom is -0.339 e. The highest BCUT2D eigenvalue weighted by molar-refractivity contribution is 8.00. The van der Waals surface area contributed by atoms with Gasteiger partial charge < -0.3 is 4.90 Å². The molecule has 0 saturated carbocycles. The van der Waals surface area contributed by atoms with E-state index in [4.69, 9.17) is 0 Å². The molecule has 0 spiro atoms. The summed E-state index contributed by atoms with van der Waals surface area (Å²) >= 11 is 1.52. The van der Waals surface area contributed by atoms with Crippen LogP contribution in [0.15, 0.2) is 94.7 Å². The quantitative estimate of drug-likeness (QED) is 0.395. The first-order valence-corrected chi connectivity index (χ1v) is 13.3. The molecule has 0 aliphatic carbocycles. The SMILES string of the molecule is O=C(CSc1ccc2ccccc2c1)N1CCN(S(=O)(=O)c2ccc3ccccc3c2)CC1. The average Bonchev–Trinajstić information content (AvgIpc) is 2.87. The van der Waals surface area contributed by atoms with E-state index in [1.165, 1.54) is 21.5 Å².